The number of carbonyl (C=O) groups is 1. The molecule has 0 saturated carbocycles. The molecule has 0 aliphatic heterocycles. The van der Waals surface area contributed by atoms with Gasteiger partial charge in [0.2, 0.25) is 0 Å². The third kappa shape index (κ3) is 5.21. The SMILES string of the molecule is COc1ccc(Nc2nc(C(=O)NCCn3nc(-c4ccco4)ccc3=O)cs2)c(OC)c1. The van der Waals surface area contributed by atoms with Gasteiger partial charge in [-0.3, -0.25) is 9.59 Å². The number of methoxy groups -OCH3 is 2. The van der Waals surface area contributed by atoms with Gasteiger partial charge in [-0.15, -0.1) is 11.3 Å². The predicted molar refractivity (Wildman–Crippen MR) is 123 cm³/mol. The molecule has 0 saturated heterocycles. The second-order valence-corrected chi connectivity index (χ2v) is 7.60. The quantitative estimate of drug-likeness (QED) is 0.385. The van der Waals surface area contributed by atoms with E-state index in [0.29, 0.717) is 33.8 Å². The molecule has 3 heterocycles. The van der Waals surface area contributed by atoms with Crippen molar-refractivity contribution in [2.45, 2.75) is 6.54 Å². The lowest BCUT2D eigenvalue weighted by Gasteiger charge is -2.10. The molecule has 2 N–H and O–H groups in total. The van der Waals surface area contributed by atoms with Crippen molar-refractivity contribution >= 4 is 28.1 Å². The number of carbonyl (C=O) groups excluding carboxylic acids is 1. The molecular weight excluding hydrogens is 446 g/mol. The Morgan fingerprint density at radius 2 is 2.06 bits per heavy atom. The highest BCUT2D eigenvalue weighted by Gasteiger charge is 2.13. The summed E-state index contributed by atoms with van der Waals surface area (Å²) in [5.74, 6) is 1.46. The summed E-state index contributed by atoms with van der Waals surface area (Å²) in [6.07, 6.45) is 1.54. The number of nitrogens with zero attached hydrogens (tertiary/aromatic N) is 3. The number of amides is 1. The van der Waals surface area contributed by atoms with E-state index >= 15 is 0 Å². The largest absolute Gasteiger partial charge is 0.497 e. The van der Waals surface area contributed by atoms with Crippen molar-refractivity contribution in [3.63, 3.8) is 0 Å². The summed E-state index contributed by atoms with van der Waals surface area (Å²) < 4.78 is 17.2. The first kappa shape index (κ1) is 22.1. The van der Waals surface area contributed by atoms with Crippen LogP contribution in [-0.2, 0) is 6.54 Å². The van der Waals surface area contributed by atoms with Crippen molar-refractivity contribution in [3.8, 4) is 23.0 Å². The number of hydrogen-bond acceptors (Lipinski definition) is 9. The molecule has 0 aliphatic rings. The number of hydrogen-bond donors (Lipinski definition) is 2. The average Bonchev–Trinajstić information content (AvgIpc) is 3.53. The summed E-state index contributed by atoms with van der Waals surface area (Å²) in [4.78, 5) is 28.9. The smallest absolute Gasteiger partial charge is 0.270 e. The minimum absolute atomic E-state index is 0.206. The van der Waals surface area contributed by atoms with Crippen LogP contribution in [0.4, 0.5) is 10.8 Å². The predicted octanol–water partition coefficient (Wildman–Crippen LogP) is 3.15. The Bertz CT molecular complexity index is 1300. The van der Waals surface area contributed by atoms with Crippen LogP contribution in [0.1, 0.15) is 10.5 Å². The summed E-state index contributed by atoms with van der Waals surface area (Å²) in [6.45, 7) is 0.414. The van der Waals surface area contributed by atoms with E-state index in [0.717, 1.165) is 0 Å². The number of thiazole rings is 1. The summed E-state index contributed by atoms with van der Waals surface area (Å²) in [5.41, 5.74) is 1.23. The fourth-order valence-corrected chi connectivity index (χ4v) is 3.69. The van der Waals surface area contributed by atoms with Crippen LogP contribution in [0.15, 0.2) is 63.3 Å². The molecule has 1 amide bonds. The zero-order chi connectivity index (χ0) is 23.2. The monoisotopic (exact) mass is 467 g/mol. The Morgan fingerprint density at radius 1 is 1.18 bits per heavy atom. The molecule has 0 atom stereocenters. The molecule has 11 heteroatoms. The zero-order valence-corrected chi connectivity index (χ0v) is 18.7. The van der Waals surface area contributed by atoms with Crippen molar-refractivity contribution < 1.29 is 18.7 Å². The Morgan fingerprint density at radius 3 is 2.82 bits per heavy atom. The van der Waals surface area contributed by atoms with Crippen molar-refractivity contribution in [1.29, 1.82) is 0 Å². The lowest BCUT2D eigenvalue weighted by atomic mass is 10.3. The normalized spacial score (nSPS) is 10.6. The van der Waals surface area contributed by atoms with Gasteiger partial charge in [0, 0.05) is 24.1 Å². The van der Waals surface area contributed by atoms with E-state index in [-0.39, 0.29) is 30.2 Å². The van der Waals surface area contributed by atoms with Gasteiger partial charge in [-0.1, -0.05) is 0 Å². The number of furan rings is 1. The highest BCUT2D eigenvalue weighted by atomic mass is 32.1. The van der Waals surface area contributed by atoms with Gasteiger partial charge in [-0.2, -0.15) is 5.10 Å². The molecule has 0 unspecified atom stereocenters. The van der Waals surface area contributed by atoms with Crippen LogP contribution < -0.4 is 25.7 Å². The number of nitrogens with one attached hydrogen (secondary N) is 2. The molecule has 0 bridgehead atoms. The lowest BCUT2D eigenvalue weighted by Crippen LogP contribution is -2.32. The fraction of sp³-hybridized carbons (Fsp3) is 0.182. The number of aromatic nitrogens is 3. The molecular formula is C22H21N5O5S. The van der Waals surface area contributed by atoms with Gasteiger partial charge in [0.15, 0.2) is 10.9 Å². The Hall–Kier alpha value is -4.12. The van der Waals surface area contributed by atoms with Crippen molar-refractivity contribution in [2.75, 3.05) is 26.1 Å². The van der Waals surface area contributed by atoms with Gasteiger partial charge in [-0.25, -0.2) is 9.67 Å². The van der Waals surface area contributed by atoms with Gasteiger partial charge in [0.25, 0.3) is 11.5 Å². The molecule has 170 valence electrons. The maximum atomic E-state index is 12.5. The highest BCUT2D eigenvalue weighted by Crippen LogP contribution is 2.32. The summed E-state index contributed by atoms with van der Waals surface area (Å²) in [6, 6.07) is 11.9. The maximum absolute atomic E-state index is 12.5. The van der Waals surface area contributed by atoms with Gasteiger partial charge in [-0.05, 0) is 30.3 Å². The second-order valence-electron chi connectivity index (χ2n) is 6.74. The van der Waals surface area contributed by atoms with Crippen LogP contribution in [0.5, 0.6) is 11.5 Å². The van der Waals surface area contributed by atoms with E-state index in [1.807, 2.05) is 0 Å². The van der Waals surface area contributed by atoms with Crippen LogP contribution >= 0.6 is 11.3 Å². The Balaban J connectivity index is 1.36. The van der Waals surface area contributed by atoms with E-state index in [1.165, 1.54) is 28.3 Å². The van der Waals surface area contributed by atoms with E-state index < -0.39 is 0 Å². The van der Waals surface area contributed by atoms with E-state index in [2.05, 4.69) is 20.7 Å². The molecule has 33 heavy (non-hydrogen) atoms. The van der Waals surface area contributed by atoms with Gasteiger partial charge in [0.05, 0.1) is 32.7 Å². The highest BCUT2D eigenvalue weighted by molar-refractivity contribution is 7.14. The van der Waals surface area contributed by atoms with Crippen LogP contribution in [0, 0.1) is 0 Å². The van der Waals surface area contributed by atoms with Crippen LogP contribution in [-0.4, -0.2) is 41.4 Å². The Labute approximate surface area is 192 Å². The van der Waals surface area contributed by atoms with Crippen molar-refractivity contribution in [3.05, 3.63) is 70.2 Å². The standard InChI is InChI=1S/C22H21N5O5S/c1-30-14-5-6-15(19(12-14)31-2)24-22-25-17(13-33-22)21(29)23-9-10-27-20(28)8-7-16(26-27)18-4-3-11-32-18/h3-8,11-13H,9-10H2,1-2H3,(H,23,29)(H,24,25). The molecule has 10 nitrogen and oxygen atoms in total. The maximum Gasteiger partial charge on any atom is 0.270 e. The first-order chi connectivity index (χ1) is 16.1. The van der Waals surface area contributed by atoms with E-state index in [1.54, 1.807) is 56.0 Å². The third-order valence-electron chi connectivity index (χ3n) is 4.64. The third-order valence-corrected chi connectivity index (χ3v) is 5.39. The Kier molecular flexibility index (Phi) is 6.69. The average molecular weight is 468 g/mol. The number of benzene rings is 1. The summed E-state index contributed by atoms with van der Waals surface area (Å²) in [5, 5.41) is 12.4. The lowest BCUT2D eigenvalue weighted by molar-refractivity contribution is 0.0947. The van der Waals surface area contributed by atoms with Crippen molar-refractivity contribution in [2.24, 2.45) is 0 Å². The van der Waals surface area contributed by atoms with E-state index in [9.17, 15) is 9.59 Å². The molecule has 0 spiro atoms. The first-order valence-corrected chi connectivity index (χ1v) is 10.8. The van der Waals surface area contributed by atoms with Gasteiger partial charge >= 0.3 is 0 Å². The topological polar surface area (TPSA) is 121 Å². The van der Waals surface area contributed by atoms with Crippen LogP contribution in [0.25, 0.3) is 11.5 Å². The molecule has 1 aromatic carbocycles. The molecule has 3 aromatic heterocycles. The molecule has 4 rings (SSSR count). The molecule has 0 aliphatic carbocycles. The number of anilines is 2. The first-order valence-electron chi connectivity index (χ1n) is 9.92. The summed E-state index contributed by atoms with van der Waals surface area (Å²) >= 11 is 1.29. The second kappa shape index (κ2) is 10.0. The van der Waals surface area contributed by atoms with Crippen LogP contribution in [0.3, 0.4) is 0 Å². The van der Waals surface area contributed by atoms with E-state index in [4.69, 9.17) is 13.9 Å². The van der Waals surface area contributed by atoms with Crippen molar-refractivity contribution in [1.82, 2.24) is 20.1 Å². The molecule has 0 fully saturated rings. The minimum atomic E-state index is -0.351. The van der Waals surface area contributed by atoms with Gasteiger partial charge in [0.1, 0.15) is 22.9 Å². The van der Waals surface area contributed by atoms with Gasteiger partial charge < -0.3 is 24.5 Å². The van der Waals surface area contributed by atoms with Crippen LogP contribution in [0.2, 0.25) is 0 Å². The summed E-state index contributed by atoms with van der Waals surface area (Å²) in [7, 11) is 3.14. The molecule has 0 radical (unpaired) electrons. The zero-order valence-electron chi connectivity index (χ0n) is 17.9. The molecule has 4 aromatic rings. The fourth-order valence-electron chi connectivity index (χ4n) is 2.98. The number of rotatable bonds is 9. The number of ether oxygens (including phenoxy) is 2. The minimum Gasteiger partial charge on any atom is -0.497 e.